The number of aliphatic hydroxyl groups is 2. The molecule has 0 aromatic heterocycles. The topological polar surface area (TPSA) is 136 Å². The highest BCUT2D eigenvalue weighted by molar-refractivity contribution is 6.41. The number of aliphatic hydroxyl groups excluding tert-OH is 2. The number of aromatic hydroxyl groups is 1. The first kappa shape index (κ1) is 18.9. The van der Waals surface area contributed by atoms with Gasteiger partial charge in [0.1, 0.15) is 5.75 Å². The number of nitroso groups, excluding NO2 is 1. The maximum atomic E-state index is 11.7. The van der Waals surface area contributed by atoms with Crippen LogP contribution in [0, 0.1) is 4.91 Å². The fourth-order valence-electron chi connectivity index (χ4n) is 1.84. The van der Waals surface area contributed by atoms with E-state index in [-0.39, 0.29) is 31.0 Å². The zero-order valence-electron chi connectivity index (χ0n) is 12.9. The van der Waals surface area contributed by atoms with Gasteiger partial charge in [-0.3, -0.25) is 9.59 Å². The molecule has 0 aliphatic carbocycles. The van der Waals surface area contributed by atoms with E-state index in [2.05, 4.69) is 10.5 Å². The van der Waals surface area contributed by atoms with Gasteiger partial charge in [-0.15, -0.1) is 4.91 Å². The van der Waals surface area contributed by atoms with Crippen LogP contribution in [-0.2, 0) is 16.2 Å². The number of carbonyl (C=O) groups excluding carboxylic acids is 2. The number of hydrogen-bond acceptors (Lipinski definition) is 8. The van der Waals surface area contributed by atoms with Crippen LogP contribution in [0.15, 0.2) is 23.4 Å². The maximum absolute atomic E-state index is 11.7. The van der Waals surface area contributed by atoms with E-state index >= 15 is 0 Å². The molecule has 0 aliphatic heterocycles. The summed E-state index contributed by atoms with van der Waals surface area (Å²) < 4.78 is 0. The van der Waals surface area contributed by atoms with E-state index in [0.717, 1.165) is 0 Å². The Hall–Kier alpha value is -2.16. The third-order valence-corrected chi connectivity index (χ3v) is 3.32. The number of nitrogens with zero attached hydrogens (tertiary/aromatic N) is 1. The number of nitrogens with one attached hydrogen (secondary N) is 1. The molecule has 0 heterocycles. The Morgan fingerprint density at radius 1 is 1.35 bits per heavy atom. The van der Waals surface area contributed by atoms with Crippen LogP contribution in [-0.4, -0.2) is 45.5 Å². The van der Waals surface area contributed by atoms with Gasteiger partial charge in [0.2, 0.25) is 11.6 Å². The van der Waals surface area contributed by atoms with Crippen molar-refractivity contribution in [1.82, 2.24) is 5.32 Å². The van der Waals surface area contributed by atoms with E-state index in [1.165, 1.54) is 32.0 Å². The molecule has 1 rings (SSSR count). The van der Waals surface area contributed by atoms with Crippen LogP contribution in [0.5, 0.6) is 5.75 Å². The Balaban J connectivity index is 2.57. The van der Waals surface area contributed by atoms with Gasteiger partial charge in [-0.2, -0.15) is 0 Å². The van der Waals surface area contributed by atoms with Crippen molar-refractivity contribution in [3.05, 3.63) is 34.2 Å². The fraction of sp³-hybridized carbons (Fsp3) is 0.467. The van der Waals surface area contributed by atoms with Gasteiger partial charge in [0.25, 0.3) is 0 Å². The second-order valence-corrected chi connectivity index (χ2v) is 5.60. The Kier molecular flexibility index (Phi) is 6.49. The molecule has 8 nitrogen and oxygen atoms in total. The smallest absolute Gasteiger partial charge is 0.230 e. The summed E-state index contributed by atoms with van der Waals surface area (Å²) in [6, 6.07) is 4.26. The molecule has 0 radical (unpaired) electrons. The third kappa shape index (κ3) is 4.92. The lowest BCUT2D eigenvalue weighted by molar-refractivity contribution is -0.138. The predicted molar refractivity (Wildman–Crippen MR) is 81.7 cm³/mol. The monoisotopic (exact) mass is 324 g/mol. The number of rotatable bonds is 9. The summed E-state index contributed by atoms with van der Waals surface area (Å²) >= 11 is 0. The van der Waals surface area contributed by atoms with Crippen molar-refractivity contribution in [1.29, 1.82) is 0 Å². The van der Waals surface area contributed by atoms with Crippen molar-refractivity contribution in [2.45, 2.75) is 32.1 Å². The molecule has 0 bridgehead atoms. The number of carbonyl (C=O) groups is 2. The standard InChI is InChI=1S/C15H20N2O6/c1-15(2,17-23)14(22)13(21)7-16-6-12(20)9-3-4-11(19)10(5-9)8-18/h3-5,12,16,18-20H,6-8H2,1-2H3. The lowest BCUT2D eigenvalue weighted by Crippen LogP contribution is -2.40. The summed E-state index contributed by atoms with van der Waals surface area (Å²) in [7, 11) is 0. The van der Waals surface area contributed by atoms with Gasteiger partial charge < -0.3 is 20.6 Å². The summed E-state index contributed by atoms with van der Waals surface area (Å²) in [5, 5.41) is 33.7. The fourth-order valence-corrected chi connectivity index (χ4v) is 1.84. The first-order valence-electron chi connectivity index (χ1n) is 6.96. The molecular formula is C15H20N2O6. The van der Waals surface area contributed by atoms with E-state index in [9.17, 15) is 24.7 Å². The molecule has 1 aromatic rings. The summed E-state index contributed by atoms with van der Waals surface area (Å²) in [6.45, 7) is 1.77. The minimum atomic E-state index is -1.61. The zero-order chi connectivity index (χ0) is 17.6. The first-order valence-corrected chi connectivity index (χ1v) is 6.96. The van der Waals surface area contributed by atoms with E-state index in [4.69, 9.17) is 5.11 Å². The minimum absolute atomic E-state index is 0.0242. The number of benzene rings is 1. The number of hydrogen-bond donors (Lipinski definition) is 4. The molecule has 4 N–H and O–H groups in total. The van der Waals surface area contributed by atoms with Gasteiger partial charge in [0.05, 0.1) is 19.3 Å². The summed E-state index contributed by atoms with van der Waals surface area (Å²) in [5.74, 6) is -1.79. The molecule has 1 unspecified atom stereocenters. The molecule has 1 aromatic carbocycles. The van der Waals surface area contributed by atoms with Crippen molar-refractivity contribution in [3.63, 3.8) is 0 Å². The van der Waals surface area contributed by atoms with Crippen molar-refractivity contribution in [3.8, 4) is 5.75 Å². The molecule has 0 saturated carbocycles. The summed E-state index contributed by atoms with van der Waals surface area (Å²) in [6.07, 6.45) is -0.999. The Bertz CT molecular complexity index is 600. The molecule has 0 amide bonds. The second-order valence-electron chi connectivity index (χ2n) is 5.60. The molecule has 0 saturated heterocycles. The average Bonchev–Trinajstić information content (AvgIpc) is 2.54. The van der Waals surface area contributed by atoms with Crippen LogP contribution in [0.25, 0.3) is 0 Å². The Labute approximate surface area is 133 Å². The zero-order valence-corrected chi connectivity index (χ0v) is 12.9. The van der Waals surface area contributed by atoms with E-state index in [1.54, 1.807) is 0 Å². The van der Waals surface area contributed by atoms with Gasteiger partial charge in [-0.1, -0.05) is 11.2 Å². The average molecular weight is 324 g/mol. The Morgan fingerprint density at radius 3 is 2.57 bits per heavy atom. The highest BCUT2D eigenvalue weighted by atomic mass is 16.3. The lowest BCUT2D eigenvalue weighted by Gasteiger charge is -2.15. The SMILES string of the molecule is CC(C)(N=O)C(=O)C(=O)CNCC(O)c1ccc(O)c(CO)c1. The van der Waals surface area contributed by atoms with Crippen LogP contribution in [0.3, 0.4) is 0 Å². The first-order chi connectivity index (χ1) is 10.7. The maximum Gasteiger partial charge on any atom is 0.230 e. The summed E-state index contributed by atoms with van der Waals surface area (Å²) in [4.78, 5) is 33.8. The van der Waals surface area contributed by atoms with E-state index < -0.39 is 23.2 Å². The van der Waals surface area contributed by atoms with Crippen LogP contribution in [0.4, 0.5) is 0 Å². The van der Waals surface area contributed by atoms with Crippen LogP contribution >= 0.6 is 0 Å². The van der Waals surface area contributed by atoms with Crippen molar-refractivity contribution in [2.75, 3.05) is 13.1 Å². The second kappa shape index (κ2) is 7.91. The van der Waals surface area contributed by atoms with Gasteiger partial charge in [0.15, 0.2) is 5.54 Å². The molecule has 1 atom stereocenters. The normalized spacial score (nSPS) is 12.7. The van der Waals surface area contributed by atoms with Gasteiger partial charge >= 0.3 is 0 Å². The largest absolute Gasteiger partial charge is 0.508 e. The Morgan fingerprint density at radius 2 is 2.00 bits per heavy atom. The third-order valence-electron chi connectivity index (χ3n) is 3.32. The number of Topliss-reactive ketones (excluding diaryl/α,β-unsaturated/α-hetero) is 2. The van der Waals surface area contributed by atoms with Crippen LogP contribution in [0.2, 0.25) is 0 Å². The van der Waals surface area contributed by atoms with Crippen LogP contribution < -0.4 is 5.32 Å². The minimum Gasteiger partial charge on any atom is -0.508 e. The van der Waals surface area contributed by atoms with Crippen molar-refractivity contribution in [2.24, 2.45) is 5.18 Å². The quantitative estimate of drug-likeness (QED) is 0.376. The van der Waals surface area contributed by atoms with Crippen molar-refractivity contribution >= 4 is 11.6 Å². The molecule has 8 heteroatoms. The van der Waals surface area contributed by atoms with Crippen LogP contribution in [0.1, 0.15) is 31.1 Å². The molecule has 126 valence electrons. The summed E-state index contributed by atoms with van der Waals surface area (Å²) in [5.41, 5.74) is -0.899. The number of ketones is 2. The lowest BCUT2D eigenvalue weighted by atomic mass is 9.97. The number of phenols is 1. The molecular weight excluding hydrogens is 304 g/mol. The molecule has 0 fully saturated rings. The molecule has 23 heavy (non-hydrogen) atoms. The van der Waals surface area contributed by atoms with E-state index in [1.807, 2.05) is 0 Å². The highest BCUT2D eigenvalue weighted by Gasteiger charge is 2.33. The molecule has 0 aliphatic rings. The van der Waals surface area contributed by atoms with Crippen molar-refractivity contribution < 1.29 is 24.9 Å². The highest BCUT2D eigenvalue weighted by Crippen LogP contribution is 2.22. The van der Waals surface area contributed by atoms with Gasteiger partial charge in [0, 0.05) is 12.1 Å². The van der Waals surface area contributed by atoms with Gasteiger partial charge in [-0.25, -0.2) is 0 Å². The van der Waals surface area contributed by atoms with E-state index in [0.29, 0.717) is 5.56 Å². The van der Waals surface area contributed by atoms with Gasteiger partial charge in [-0.05, 0) is 31.5 Å². The predicted octanol–water partition coefficient (Wildman–Crippen LogP) is 0.191. The molecule has 0 spiro atoms.